The van der Waals surface area contributed by atoms with E-state index in [4.69, 9.17) is 9.79 Å². The minimum atomic E-state index is -4.70. The number of hydrogen-bond donors (Lipinski definition) is 7. The van der Waals surface area contributed by atoms with Gasteiger partial charge in [-0.15, -0.1) is 0 Å². The zero-order chi connectivity index (χ0) is 18.0. The van der Waals surface area contributed by atoms with Gasteiger partial charge in [0.15, 0.2) is 5.79 Å². The van der Waals surface area contributed by atoms with Gasteiger partial charge in [0.2, 0.25) is 0 Å². The summed E-state index contributed by atoms with van der Waals surface area (Å²) in [6, 6.07) is 9.59. The molecule has 130 valence electrons. The second-order valence-corrected chi connectivity index (χ2v) is 6.68. The van der Waals surface area contributed by atoms with Crippen LogP contribution >= 0.6 is 7.75 Å². The first kappa shape index (κ1) is 18.3. The number of phenolic OH excluding ortho intramolecular Hbond substituents is 2. The number of benzene rings is 2. The van der Waals surface area contributed by atoms with Crippen molar-refractivity contribution in [2.75, 3.05) is 5.09 Å². The molecule has 0 aliphatic heterocycles. The molecule has 0 aromatic heterocycles. The van der Waals surface area contributed by atoms with Crippen LogP contribution in [0, 0.1) is 0 Å². The maximum Gasteiger partial charge on any atom is 0.427 e. The van der Waals surface area contributed by atoms with Gasteiger partial charge in [-0.1, -0.05) is 12.1 Å². The molecule has 2 aromatic rings. The van der Waals surface area contributed by atoms with E-state index < -0.39 is 13.5 Å². The minimum absolute atomic E-state index is 0.0440. The molecule has 7 N–H and O–H groups in total. The molecule has 0 aliphatic carbocycles. The van der Waals surface area contributed by atoms with Gasteiger partial charge in [-0.05, 0) is 36.2 Å². The number of hydrogen-bond acceptors (Lipinski definition) is 5. The summed E-state index contributed by atoms with van der Waals surface area (Å²) in [6.45, 7) is 0. The lowest BCUT2D eigenvalue weighted by molar-refractivity contribution is -0.173. The largest absolute Gasteiger partial charge is 0.508 e. The van der Waals surface area contributed by atoms with Crippen LogP contribution in [-0.2, 0) is 16.8 Å². The van der Waals surface area contributed by atoms with Crippen LogP contribution in [0.1, 0.15) is 17.5 Å². The van der Waals surface area contributed by atoms with Gasteiger partial charge < -0.3 is 30.2 Å². The summed E-state index contributed by atoms with van der Waals surface area (Å²) in [6.07, 6.45) is -0.00526. The van der Waals surface area contributed by atoms with Gasteiger partial charge in [-0.2, -0.15) is 0 Å². The molecule has 0 spiro atoms. The molecule has 2 aromatic carbocycles. The summed E-state index contributed by atoms with van der Waals surface area (Å²) < 4.78 is 11.1. The molecule has 24 heavy (non-hydrogen) atoms. The van der Waals surface area contributed by atoms with Crippen molar-refractivity contribution in [1.29, 1.82) is 0 Å². The molecule has 0 fully saturated rings. The molecule has 0 saturated heterocycles. The Hall–Kier alpha value is -2.09. The average Bonchev–Trinajstić information content (AvgIpc) is 2.43. The normalized spacial score (nSPS) is 12.2. The van der Waals surface area contributed by atoms with E-state index in [-0.39, 0.29) is 35.6 Å². The third kappa shape index (κ3) is 4.95. The Morgan fingerprint density at radius 1 is 1.00 bits per heavy atom. The van der Waals surface area contributed by atoms with Crippen molar-refractivity contribution in [2.24, 2.45) is 0 Å². The van der Waals surface area contributed by atoms with E-state index in [0.717, 1.165) is 12.1 Å². The Labute approximate surface area is 137 Å². The molecule has 0 radical (unpaired) electrons. The molecule has 9 heteroatoms. The first-order chi connectivity index (χ1) is 11.1. The molecule has 0 bridgehead atoms. The Bertz CT molecular complexity index is 772. The zero-order valence-electron chi connectivity index (χ0n) is 12.5. The second kappa shape index (κ2) is 6.80. The number of anilines is 1. The summed E-state index contributed by atoms with van der Waals surface area (Å²) in [7, 11) is -4.70. The van der Waals surface area contributed by atoms with Crippen molar-refractivity contribution in [3.05, 3.63) is 53.6 Å². The first-order valence-corrected chi connectivity index (χ1v) is 8.58. The monoisotopic (exact) mass is 355 g/mol. The van der Waals surface area contributed by atoms with Gasteiger partial charge in [0.05, 0.1) is 5.69 Å². The summed E-state index contributed by atoms with van der Waals surface area (Å²) in [5.74, 6) is -2.66. The summed E-state index contributed by atoms with van der Waals surface area (Å²) in [5.41, 5.74) is 0.179. The van der Waals surface area contributed by atoms with Crippen molar-refractivity contribution < 1.29 is 34.8 Å². The fourth-order valence-corrected chi connectivity index (χ4v) is 2.79. The van der Waals surface area contributed by atoms with Gasteiger partial charge in [0, 0.05) is 18.1 Å². The Balaban J connectivity index is 2.26. The van der Waals surface area contributed by atoms with Crippen LogP contribution in [-0.4, -0.2) is 30.2 Å². The van der Waals surface area contributed by atoms with Crippen molar-refractivity contribution in [3.8, 4) is 11.5 Å². The van der Waals surface area contributed by atoms with Crippen molar-refractivity contribution in [2.45, 2.75) is 18.6 Å². The second-order valence-electron chi connectivity index (χ2n) is 5.37. The summed E-state index contributed by atoms with van der Waals surface area (Å²) >= 11 is 0. The van der Waals surface area contributed by atoms with E-state index in [9.17, 15) is 25.0 Å². The summed E-state index contributed by atoms with van der Waals surface area (Å²) in [5, 5.41) is 41.3. The number of rotatable bonds is 6. The average molecular weight is 355 g/mol. The molecule has 0 unspecified atom stereocenters. The predicted molar refractivity (Wildman–Crippen MR) is 86.3 cm³/mol. The molecular weight excluding hydrogens is 337 g/mol. The lowest BCUT2D eigenvalue weighted by Gasteiger charge is -2.25. The predicted octanol–water partition coefficient (Wildman–Crippen LogP) is 1.37. The quantitative estimate of drug-likeness (QED) is 0.303. The zero-order valence-corrected chi connectivity index (χ0v) is 13.4. The molecule has 8 nitrogen and oxygen atoms in total. The first-order valence-electron chi connectivity index (χ1n) is 6.97. The minimum Gasteiger partial charge on any atom is -0.508 e. The smallest absolute Gasteiger partial charge is 0.427 e. The highest BCUT2D eigenvalue weighted by molar-refractivity contribution is 7.53. The Morgan fingerprint density at radius 3 is 2.29 bits per heavy atom. The van der Waals surface area contributed by atoms with E-state index in [1.807, 2.05) is 5.09 Å². The van der Waals surface area contributed by atoms with Gasteiger partial charge in [-0.25, -0.2) is 4.57 Å². The molecule has 0 aliphatic rings. The lowest BCUT2D eigenvalue weighted by atomic mass is 9.96. The van der Waals surface area contributed by atoms with Crippen LogP contribution in [0.3, 0.4) is 0 Å². The molecule has 0 saturated carbocycles. The highest BCUT2D eigenvalue weighted by atomic mass is 31.2. The lowest BCUT2D eigenvalue weighted by Crippen LogP contribution is -2.27. The highest BCUT2D eigenvalue weighted by Crippen LogP contribution is 2.41. The molecule has 0 heterocycles. The number of nitrogens with one attached hydrogen (secondary N) is 1. The standard InChI is InChI=1S/C15H18NO7P/c17-11-3-1-2-10(8-11)6-7-15(19,20)13-5-4-12(18)9-14(13)16-24(21,22)23/h1-5,8-9,17-20H,6-7H2,(H3,16,21,22,23). The van der Waals surface area contributed by atoms with Gasteiger partial charge >= 0.3 is 7.75 Å². The van der Waals surface area contributed by atoms with E-state index in [2.05, 4.69) is 0 Å². The van der Waals surface area contributed by atoms with Crippen LogP contribution in [0.15, 0.2) is 42.5 Å². The maximum atomic E-state index is 11.1. The third-order valence-electron chi connectivity index (χ3n) is 3.37. The van der Waals surface area contributed by atoms with Crippen LogP contribution in [0.25, 0.3) is 0 Å². The topological polar surface area (TPSA) is 150 Å². The molecule has 2 rings (SSSR count). The maximum absolute atomic E-state index is 11.1. The fraction of sp³-hybridized carbons (Fsp3) is 0.200. The van der Waals surface area contributed by atoms with E-state index in [1.165, 1.54) is 18.2 Å². The van der Waals surface area contributed by atoms with Crippen LogP contribution < -0.4 is 5.09 Å². The van der Waals surface area contributed by atoms with E-state index in [1.54, 1.807) is 12.1 Å². The SMILES string of the molecule is O=P(O)(O)Nc1cc(O)ccc1C(O)(O)CCc1cccc(O)c1. The van der Waals surface area contributed by atoms with Crippen molar-refractivity contribution in [3.63, 3.8) is 0 Å². The summed E-state index contributed by atoms with van der Waals surface area (Å²) in [4.78, 5) is 18.0. The van der Waals surface area contributed by atoms with Gasteiger partial charge in [0.1, 0.15) is 11.5 Å². The highest BCUT2D eigenvalue weighted by Gasteiger charge is 2.30. The molecule has 0 amide bonds. The number of phenols is 2. The van der Waals surface area contributed by atoms with Crippen LogP contribution in [0.2, 0.25) is 0 Å². The Morgan fingerprint density at radius 2 is 1.67 bits per heavy atom. The van der Waals surface area contributed by atoms with Gasteiger partial charge in [0.25, 0.3) is 0 Å². The van der Waals surface area contributed by atoms with Crippen LogP contribution in [0.4, 0.5) is 5.69 Å². The fourth-order valence-electron chi connectivity index (χ4n) is 2.30. The van der Waals surface area contributed by atoms with E-state index >= 15 is 0 Å². The van der Waals surface area contributed by atoms with E-state index in [0.29, 0.717) is 5.56 Å². The third-order valence-corrected chi connectivity index (χ3v) is 3.91. The number of aromatic hydroxyl groups is 2. The number of aliphatic hydroxyl groups is 2. The molecule has 0 atom stereocenters. The van der Waals surface area contributed by atoms with Crippen molar-refractivity contribution in [1.82, 2.24) is 0 Å². The Kier molecular flexibility index (Phi) is 5.17. The van der Waals surface area contributed by atoms with Gasteiger partial charge in [-0.3, -0.25) is 5.09 Å². The van der Waals surface area contributed by atoms with Crippen molar-refractivity contribution >= 4 is 13.4 Å². The molecular formula is C15H18NO7P. The number of aryl methyl sites for hydroxylation is 1. The van der Waals surface area contributed by atoms with Crippen LogP contribution in [0.5, 0.6) is 11.5 Å².